The number of hydrogen-bond acceptors (Lipinski definition) is 3. The second-order valence-electron chi connectivity index (χ2n) is 6.39. The summed E-state index contributed by atoms with van der Waals surface area (Å²) < 4.78 is 6.40. The molecular formula is C16H25BrN2O2. The minimum Gasteiger partial charge on any atom is -0.483 e. The van der Waals surface area contributed by atoms with Gasteiger partial charge in [0, 0.05) is 18.1 Å². The summed E-state index contributed by atoms with van der Waals surface area (Å²) in [6.07, 6.45) is 0. The van der Waals surface area contributed by atoms with Crippen LogP contribution in [0.25, 0.3) is 0 Å². The zero-order valence-electron chi connectivity index (χ0n) is 13.4. The van der Waals surface area contributed by atoms with Crippen molar-refractivity contribution < 1.29 is 9.53 Å². The van der Waals surface area contributed by atoms with E-state index in [0.29, 0.717) is 11.8 Å². The Labute approximate surface area is 135 Å². The maximum absolute atomic E-state index is 11.7. The van der Waals surface area contributed by atoms with E-state index in [1.807, 2.05) is 39.0 Å². The number of benzene rings is 1. The Hall–Kier alpha value is -1.07. The molecule has 2 N–H and O–H groups in total. The quantitative estimate of drug-likeness (QED) is 0.822. The van der Waals surface area contributed by atoms with E-state index in [-0.39, 0.29) is 18.1 Å². The van der Waals surface area contributed by atoms with Crippen LogP contribution in [-0.2, 0) is 11.3 Å². The summed E-state index contributed by atoms with van der Waals surface area (Å²) in [5.41, 5.74) is 0.923. The van der Waals surface area contributed by atoms with Crippen LogP contribution in [0.15, 0.2) is 22.7 Å². The van der Waals surface area contributed by atoms with Crippen LogP contribution in [0.5, 0.6) is 5.75 Å². The van der Waals surface area contributed by atoms with Crippen LogP contribution in [0.2, 0.25) is 0 Å². The average Bonchev–Trinajstić information content (AvgIpc) is 2.33. The van der Waals surface area contributed by atoms with Gasteiger partial charge in [-0.05, 0) is 54.4 Å². The van der Waals surface area contributed by atoms with E-state index in [4.69, 9.17) is 4.74 Å². The normalized spacial score (nSPS) is 11.6. The third kappa shape index (κ3) is 7.48. The number of rotatable bonds is 6. The van der Waals surface area contributed by atoms with E-state index in [0.717, 1.165) is 11.0 Å². The SMILES string of the molecule is CC(C)NCc1ccc(OCC(=O)NC(C)(C)C)c(Br)c1. The summed E-state index contributed by atoms with van der Waals surface area (Å²) in [4.78, 5) is 11.7. The van der Waals surface area contributed by atoms with Crippen molar-refractivity contribution >= 4 is 21.8 Å². The number of carbonyl (C=O) groups excluding carboxylic acids is 1. The van der Waals surface area contributed by atoms with Crippen LogP contribution in [0.4, 0.5) is 0 Å². The topological polar surface area (TPSA) is 50.4 Å². The second-order valence-corrected chi connectivity index (χ2v) is 7.24. The first-order valence-corrected chi connectivity index (χ1v) is 7.92. The minimum atomic E-state index is -0.246. The smallest absolute Gasteiger partial charge is 0.258 e. The Bertz CT molecular complexity index is 482. The summed E-state index contributed by atoms with van der Waals surface area (Å²) in [7, 11) is 0. The van der Waals surface area contributed by atoms with E-state index in [9.17, 15) is 4.79 Å². The predicted molar refractivity (Wildman–Crippen MR) is 89.5 cm³/mol. The molecule has 0 saturated carbocycles. The molecule has 0 aliphatic carbocycles. The third-order valence-electron chi connectivity index (χ3n) is 2.58. The van der Waals surface area contributed by atoms with E-state index in [1.165, 1.54) is 5.56 Å². The van der Waals surface area contributed by atoms with Crippen LogP contribution in [0, 0.1) is 0 Å². The lowest BCUT2D eigenvalue weighted by atomic mass is 10.1. The lowest BCUT2D eigenvalue weighted by Gasteiger charge is -2.20. The lowest BCUT2D eigenvalue weighted by molar-refractivity contribution is -0.124. The van der Waals surface area contributed by atoms with Gasteiger partial charge < -0.3 is 15.4 Å². The number of ether oxygens (including phenoxy) is 1. The molecule has 0 aromatic heterocycles. The van der Waals surface area contributed by atoms with E-state index in [2.05, 4.69) is 40.4 Å². The molecule has 0 atom stereocenters. The maximum atomic E-state index is 11.7. The third-order valence-corrected chi connectivity index (χ3v) is 3.20. The van der Waals surface area contributed by atoms with Crippen LogP contribution >= 0.6 is 15.9 Å². The van der Waals surface area contributed by atoms with E-state index in [1.54, 1.807) is 0 Å². The summed E-state index contributed by atoms with van der Waals surface area (Å²) in [6, 6.07) is 6.33. The summed E-state index contributed by atoms with van der Waals surface area (Å²) in [5, 5.41) is 6.22. The maximum Gasteiger partial charge on any atom is 0.258 e. The van der Waals surface area contributed by atoms with Crippen molar-refractivity contribution in [3.05, 3.63) is 28.2 Å². The molecular weight excluding hydrogens is 332 g/mol. The van der Waals surface area contributed by atoms with Crippen molar-refractivity contribution in [2.24, 2.45) is 0 Å². The molecule has 0 saturated heterocycles. The average molecular weight is 357 g/mol. The Balaban J connectivity index is 2.55. The van der Waals surface area contributed by atoms with Crippen molar-refractivity contribution in [3.8, 4) is 5.75 Å². The molecule has 0 unspecified atom stereocenters. The highest BCUT2D eigenvalue weighted by atomic mass is 79.9. The number of halogens is 1. The molecule has 0 aliphatic heterocycles. The summed E-state index contributed by atoms with van der Waals surface area (Å²) >= 11 is 3.48. The van der Waals surface area contributed by atoms with Gasteiger partial charge in [0.15, 0.2) is 6.61 Å². The molecule has 0 heterocycles. The van der Waals surface area contributed by atoms with Gasteiger partial charge in [-0.1, -0.05) is 19.9 Å². The van der Waals surface area contributed by atoms with Gasteiger partial charge >= 0.3 is 0 Å². The second kappa shape index (κ2) is 7.80. The van der Waals surface area contributed by atoms with Crippen molar-refractivity contribution in [1.29, 1.82) is 0 Å². The fourth-order valence-corrected chi connectivity index (χ4v) is 2.23. The molecule has 0 aliphatic rings. The van der Waals surface area contributed by atoms with Crippen molar-refractivity contribution in [1.82, 2.24) is 10.6 Å². The highest BCUT2D eigenvalue weighted by Crippen LogP contribution is 2.26. The monoisotopic (exact) mass is 356 g/mol. The molecule has 5 heteroatoms. The first-order valence-electron chi connectivity index (χ1n) is 7.13. The molecule has 0 spiro atoms. The van der Waals surface area contributed by atoms with Crippen LogP contribution in [-0.4, -0.2) is 24.1 Å². The van der Waals surface area contributed by atoms with Crippen molar-refractivity contribution in [2.45, 2.75) is 52.7 Å². The lowest BCUT2D eigenvalue weighted by Crippen LogP contribution is -2.43. The van der Waals surface area contributed by atoms with Gasteiger partial charge in [0.2, 0.25) is 0 Å². The number of nitrogens with one attached hydrogen (secondary N) is 2. The standard InChI is InChI=1S/C16H25BrN2O2/c1-11(2)18-9-12-6-7-14(13(17)8-12)21-10-15(20)19-16(3,4)5/h6-8,11,18H,9-10H2,1-5H3,(H,19,20). The first kappa shape index (κ1) is 18.0. The van der Waals surface area contributed by atoms with Crippen molar-refractivity contribution in [2.75, 3.05) is 6.61 Å². The van der Waals surface area contributed by atoms with Crippen LogP contribution in [0.3, 0.4) is 0 Å². The Morgan fingerprint density at radius 3 is 2.52 bits per heavy atom. The van der Waals surface area contributed by atoms with E-state index < -0.39 is 0 Å². The fraction of sp³-hybridized carbons (Fsp3) is 0.562. The van der Waals surface area contributed by atoms with Crippen molar-refractivity contribution in [3.63, 3.8) is 0 Å². The fourth-order valence-electron chi connectivity index (χ4n) is 1.69. The molecule has 0 radical (unpaired) electrons. The zero-order chi connectivity index (χ0) is 16.0. The number of carbonyl (C=O) groups is 1. The molecule has 0 fully saturated rings. The van der Waals surface area contributed by atoms with E-state index >= 15 is 0 Å². The Morgan fingerprint density at radius 1 is 1.33 bits per heavy atom. The predicted octanol–water partition coefficient (Wildman–Crippen LogP) is 3.24. The summed E-state index contributed by atoms with van der Waals surface area (Å²) in [5.74, 6) is 0.548. The Morgan fingerprint density at radius 2 is 2.00 bits per heavy atom. The molecule has 118 valence electrons. The van der Waals surface area contributed by atoms with Gasteiger partial charge in [-0.25, -0.2) is 0 Å². The van der Waals surface area contributed by atoms with Gasteiger partial charge in [0.25, 0.3) is 5.91 Å². The first-order chi connectivity index (χ1) is 9.67. The summed E-state index contributed by atoms with van der Waals surface area (Å²) in [6.45, 7) is 10.9. The van der Waals surface area contributed by atoms with Gasteiger partial charge in [-0.15, -0.1) is 0 Å². The highest BCUT2D eigenvalue weighted by Gasteiger charge is 2.14. The van der Waals surface area contributed by atoms with Gasteiger partial charge in [-0.2, -0.15) is 0 Å². The molecule has 1 aromatic carbocycles. The van der Waals surface area contributed by atoms with Gasteiger partial charge in [0.05, 0.1) is 4.47 Å². The highest BCUT2D eigenvalue weighted by molar-refractivity contribution is 9.10. The molecule has 4 nitrogen and oxygen atoms in total. The molecule has 21 heavy (non-hydrogen) atoms. The molecule has 1 amide bonds. The minimum absolute atomic E-state index is 0.0134. The van der Waals surface area contributed by atoms with Gasteiger partial charge in [0.1, 0.15) is 5.75 Å². The molecule has 1 aromatic rings. The van der Waals surface area contributed by atoms with Crippen LogP contribution < -0.4 is 15.4 Å². The van der Waals surface area contributed by atoms with Crippen LogP contribution in [0.1, 0.15) is 40.2 Å². The Kier molecular flexibility index (Phi) is 6.68. The zero-order valence-corrected chi connectivity index (χ0v) is 15.0. The molecule has 0 bridgehead atoms. The largest absolute Gasteiger partial charge is 0.483 e. The molecule has 1 rings (SSSR count). The number of hydrogen-bond donors (Lipinski definition) is 2. The number of amides is 1. The van der Waals surface area contributed by atoms with Gasteiger partial charge in [-0.3, -0.25) is 4.79 Å².